The molecule has 86 valence electrons. The van der Waals surface area contributed by atoms with Crippen LogP contribution in [0.1, 0.15) is 10.5 Å². The van der Waals surface area contributed by atoms with Crippen LogP contribution in [-0.4, -0.2) is 10.9 Å². The van der Waals surface area contributed by atoms with E-state index in [2.05, 4.69) is 10.3 Å². The van der Waals surface area contributed by atoms with Crippen LogP contribution < -0.4 is 5.32 Å². The number of amides is 1. The Bertz CT molecular complexity index is 560. The first kappa shape index (κ1) is 11.5. The third-order valence-corrected chi connectivity index (χ3v) is 2.31. The molecule has 0 radical (unpaired) electrons. The number of nitrogens with zero attached hydrogens (tertiary/aromatic N) is 1. The molecule has 0 fully saturated rings. The number of hydrogen-bond donors (Lipinski definition) is 1. The number of carbonyl (C=O) groups is 1. The van der Waals surface area contributed by atoms with Gasteiger partial charge in [0, 0.05) is 11.2 Å². The van der Waals surface area contributed by atoms with Crippen LogP contribution in [0.4, 0.5) is 10.1 Å². The van der Waals surface area contributed by atoms with Crippen LogP contribution in [-0.2, 0) is 0 Å². The quantitative estimate of drug-likeness (QED) is 0.890. The summed E-state index contributed by atoms with van der Waals surface area (Å²) in [6.07, 6.45) is 1.42. The van der Waals surface area contributed by atoms with Crippen molar-refractivity contribution in [2.24, 2.45) is 0 Å². The van der Waals surface area contributed by atoms with Crippen LogP contribution in [0.5, 0.6) is 0 Å². The molecule has 1 heterocycles. The Morgan fingerprint density at radius 3 is 2.76 bits per heavy atom. The monoisotopic (exact) mass is 250 g/mol. The van der Waals surface area contributed by atoms with Crippen molar-refractivity contribution in [1.29, 1.82) is 0 Å². The molecule has 0 spiro atoms. The number of hydrogen-bond acceptors (Lipinski definition) is 2. The van der Waals surface area contributed by atoms with E-state index in [9.17, 15) is 9.18 Å². The minimum atomic E-state index is -0.502. The van der Waals surface area contributed by atoms with Gasteiger partial charge in [0.1, 0.15) is 11.5 Å². The van der Waals surface area contributed by atoms with E-state index in [1.165, 1.54) is 24.4 Å². The second-order valence-electron chi connectivity index (χ2n) is 3.29. The highest BCUT2D eigenvalue weighted by molar-refractivity contribution is 6.30. The summed E-state index contributed by atoms with van der Waals surface area (Å²) >= 11 is 5.73. The van der Waals surface area contributed by atoms with Crippen LogP contribution in [0.3, 0.4) is 0 Å². The number of aromatic nitrogens is 1. The molecule has 0 unspecified atom stereocenters. The summed E-state index contributed by atoms with van der Waals surface area (Å²) in [4.78, 5) is 15.6. The smallest absolute Gasteiger partial charge is 0.274 e. The Labute approximate surface area is 102 Å². The summed E-state index contributed by atoms with van der Waals surface area (Å²) in [6, 6.07) is 8.88. The zero-order chi connectivity index (χ0) is 12.3. The van der Waals surface area contributed by atoms with Crippen molar-refractivity contribution in [1.82, 2.24) is 4.98 Å². The fourth-order valence-electron chi connectivity index (χ4n) is 1.28. The van der Waals surface area contributed by atoms with Gasteiger partial charge < -0.3 is 5.32 Å². The molecule has 2 rings (SSSR count). The minimum Gasteiger partial charge on any atom is -0.318 e. The van der Waals surface area contributed by atoms with Gasteiger partial charge in [-0.15, -0.1) is 0 Å². The molecule has 0 saturated carbocycles. The molecule has 2 aromatic rings. The van der Waals surface area contributed by atoms with E-state index in [1.807, 2.05) is 0 Å². The highest BCUT2D eigenvalue weighted by Crippen LogP contribution is 2.14. The molecule has 0 saturated heterocycles. The molecule has 1 aromatic carbocycles. The van der Waals surface area contributed by atoms with Crippen LogP contribution in [0.25, 0.3) is 0 Å². The molecule has 5 heteroatoms. The largest absolute Gasteiger partial charge is 0.318 e. The van der Waals surface area contributed by atoms with E-state index in [0.717, 1.165) is 0 Å². The van der Waals surface area contributed by atoms with E-state index in [1.54, 1.807) is 18.2 Å². The third-order valence-electron chi connectivity index (χ3n) is 2.08. The molecular weight excluding hydrogens is 243 g/mol. The van der Waals surface area contributed by atoms with Gasteiger partial charge in [0.15, 0.2) is 0 Å². The van der Waals surface area contributed by atoms with Gasteiger partial charge in [0.05, 0.1) is 5.69 Å². The second kappa shape index (κ2) is 4.93. The van der Waals surface area contributed by atoms with Gasteiger partial charge in [-0.25, -0.2) is 4.39 Å². The van der Waals surface area contributed by atoms with E-state index < -0.39 is 11.7 Å². The number of pyridine rings is 1. The molecule has 0 aliphatic carbocycles. The van der Waals surface area contributed by atoms with E-state index in [-0.39, 0.29) is 11.4 Å². The van der Waals surface area contributed by atoms with Gasteiger partial charge in [-0.05, 0) is 24.3 Å². The Morgan fingerprint density at radius 1 is 1.29 bits per heavy atom. The van der Waals surface area contributed by atoms with Gasteiger partial charge in [-0.1, -0.05) is 23.7 Å². The van der Waals surface area contributed by atoms with Gasteiger partial charge in [0.2, 0.25) is 0 Å². The number of rotatable bonds is 2. The second-order valence-corrected chi connectivity index (χ2v) is 3.73. The van der Waals surface area contributed by atoms with Gasteiger partial charge in [-0.3, -0.25) is 9.78 Å². The molecule has 1 N–H and O–H groups in total. The molecule has 0 aliphatic rings. The first-order valence-electron chi connectivity index (χ1n) is 4.84. The fourth-order valence-corrected chi connectivity index (χ4v) is 1.44. The zero-order valence-electron chi connectivity index (χ0n) is 8.65. The number of halogens is 2. The van der Waals surface area contributed by atoms with E-state index >= 15 is 0 Å². The maximum Gasteiger partial charge on any atom is 0.274 e. The summed E-state index contributed by atoms with van der Waals surface area (Å²) in [5.74, 6) is -1.000. The summed E-state index contributed by atoms with van der Waals surface area (Å²) in [6.45, 7) is 0. The lowest BCUT2D eigenvalue weighted by atomic mass is 10.3. The summed E-state index contributed by atoms with van der Waals surface area (Å²) in [7, 11) is 0. The van der Waals surface area contributed by atoms with Crippen molar-refractivity contribution in [3.05, 3.63) is 59.1 Å². The Hall–Kier alpha value is -1.94. The standard InChI is InChI=1S/C12H8ClFN2O/c13-8-5-6-15-11(7-8)12(17)16-10-4-2-1-3-9(10)14/h1-7H,(H,16,17). The van der Waals surface area contributed by atoms with Gasteiger partial charge >= 0.3 is 0 Å². The molecule has 3 nitrogen and oxygen atoms in total. The normalized spacial score (nSPS) is 10.0. The molecule has 1 amide bonds. The maximum absolute atomic E-state index is 13.3. The van der Waals surface area contributed by atoms with E-state index in [0.29, 0.717) is 5.02 Å². The van der Waals surface area contributed by atoms with Crippen molar-refractivity contribution >= 4 is 23.2 Å². The van der Waals surface area contributed by atoms with Crippen molar-refractivity contribution < 1.29 is 9.18 Å². The number of nitrogens with one attached hydrogen (secondary N) is 1. The lowest BCUT2D eigenvalue weighted by Gasteiger charge is -2.05. The number of para-hydroxylation sites is 1. The number of anilines is 1. The average molecular weight is 251 g/mol. The fraction of sp³-hybridized carbons (Fsp3) is 0. The Kier molecular flexibility index (Phi) is 3.35. The SMILES string of the molecule is O=C(Nc1ccccc1F)c1cc(Cl)ccn1. The number of benzene rings is 1. The highest BCUT2D eigenvalue weighted by Gasteiger charge is 2.10. The summed E-state index contributed by atoms with van der Waals surface area (Å²) in [5, 5.41) is 2.82. The molecule has 0 atom stereocenters. The predicted molar refractivity (Wildman–Crippen MR) is 63.6 cm³/mol. The molecule has 17 heavy (non-hydrogen) atoms. The van der Waals surface area contributed by atoms with E-state index in [4.69, 9.17) is 11.6 Å². The van der Waals surface area contributed by atoms with Crippen LogP contribution >= 0.6 is 11.6 Å². The molecule has 0 aliphatic heterocycles. The summed E-state index contributed by atoms with van der Waals surface area (Å²) in [5.41, 5.74) is 0.250. The van der Waals surface area contributed by atoms with Crippen LogP contribution in [0, 0.1) is 5.82 Å². The zero-order valence-corrected chi connectivity index (χ0v) is 9.41. The van der Waals surface area contributed by atoms with Crippen molar-refractivity contribution in [2.75, 3.05) is 5.32 Å². The van der Waals surface area contributed by atoms with Crippen molar-refractivity contribution in [3.8, 4) is 0 Å². The lowest BCUT2D eigenvalue weighted by molar-refractivity contribution is 0.102. The number of carbonyl (C=O) groups excluding carboxylic acids is 1. The third kappa shape index (κ3) is 2.79. The van der Waals surface area contributed by atoms with Gasteiger partial charge in [-0.2, -0.15) is 0 Å². The van der Waals surface area contributed by atoms with Crippen molar-refractivity contribution in [3.63, 3.8) is 0 Å². The Morgan fingerprint density at radius 2 is 2.06 bits per heavy atom. The minimum absolute atomic E-state index is 0.110. The average Bonchev–Trinajstić information content (AvgIpc) is 2.32. The first-order valence-corrected chi connectivity index (χ1v) is 5.22. The lowest BCUT2D eigenvalue weighted by Crippen LogP contribution is -2.14. The van der Waals surface area contributed by atoms with Gasteiger partial charge in [0.25, 0.3) is 5.91 Å². The molecular formula is C12H8ClFN2O. The van der Waals surface area contributed by atoms with Crippen LogP contribution in [0.2, 0.25) is 5.02 Å². The highest BCUT2D eigenvalue weighted by atomic mass is 35.5. The first-order chi connectivity index (χ1) is 8.16. The molecule has 0 bridgehead atoms. The topological polar surface area (TPSA) is 42.0 Å². The Balaban J connectivity index is 2.20. The maximum atomic E-state index is 13.3. The van der Waals surface area contributed by atoms with Crippen molar-refractivity contribution in [2.45, 2.75) is 0 Å². The summed E-state index contributed by atoms with van der Waals surface area (Å²) < 4.78 is 13.3. The van der Waals surface area contributed by atoms with Crippen LogP contribution in [0.15, 0.2) is 42.6 Å². The molecule has 1 aromatic heterocycles. The predicted octanol–water partition coefficient (Wildman–Crippen LogP) is 3.13.